The normalized spacial score (nSPS) is 10.2. The summed E-state index contributed by atoms with van der Waals surface area (Å²) in [6.07, 6.45) is 0. The van der Waals surface area contributed by atoms with Crippen LogP contribution >= 0.6 is 0 Å². The molecule has 0 saturated carbocycles. The maximum Gasteiger partial charge on any atom is 0.292 e. The lowest BCUT2D eigenvalue weighted by Crippen LogP contribution is -2.22. The van der Waals surface area contributed by atoms with Crippen molar-refractivity contribution in [2.45, 2.75) is 13.8 Å². The van der Waals surface area contributed by atoms with E-state index in [1.165, 1.54) is 12.1 Å². The van der Waals surface area contributed by atoms with Crippen LogP contribution in [0.15, 0.2) is 66.7 Å². The summed E-state index contributed by atoms with van der Waals surface area (Å²) in [4.78, 5) is 35.9. The predicted molar refractivity (Wildman–Crippen MR) is 133 cm³/mol. The third-order valence-electron chi connectivity index (χ3n) is 4.78. The molecule has 3 rings (SSSR count). The summed E-state index contributed by atoms with van der Waals surface area (Å²) >= 11 is 0. The summed E-state index contributed by atoms with van der Waals surface area (Å²) in [5.41, 5.74) is 1.30. The highest BCUT2D eigenvalue weighted by Crippen LogP contribution is 2.37. The quantitative estimate of drug-likeness (QED) is 0.269. The van der Waals surface area contributed by atoms with E-state index < -0.39 is 10.8 Å². The second kappa shape index (κ2) is 12.0. The van der Waals surface area contributed by atoms with Crippen molar-refractivity contribution in [1.29, 1.82) is 0 Å². The van der Waals surface area contributed by atoms with Crippen molar-refractivity contribution in [3.8, 4) is 11.5 Å². The van der Waals surface area contributed by atoms with Gasteiger partial charge in [-0.3, -0.25) is 19.7 Å². The second-order valence-corrected chi connectivity index (χ2v) is 7.21. The van der Waals surface area contributed by atoms with Crippen LogP contribution in [0.25, 0.3) is 0 Å². The van der Waals surface area contributed by atoms with E-state index in [4.69, 9.17) is 9.47 Å². The van der Waals surface area contributed by atoms with E-state index in [-0.39, 0.29) is 23.8 Å². The van der Waals surface area contributed by atoms with Crippen LogP contribution in [-0.2, 0) is 4.79 Å². The number of hydrogen-bond acceptors (Lipinski definition) is 7. The summed E-state index contributed by atoms with van der Waals surface area (Å²) in [5, 5.41) is 19.5. The number of ether oxygens (including phenoxy) is 2. The molecule has 2 amide bonds. The zero-order valence-corrected chi connectivity index (χ0v) is 19.4. The lowest BCUT2D eigenvalue weighted by atomic mass is 10.2. The van der Waals surface area contributed by atoms with E-state index in [0.717, 1.165) is 0 Å². The molecule has 0 radical (unpaired) electrons. The highest BCUT2D eigenvalue weighted by Gasteiger charge is 2.18. The first kappa shape index (κ1) is 25.0. The first-order valence-corrected chi connectivity index (χ1v) is 11.0. The van der Waals surface area contributed by atoms with Gasteiger partial charge < -0.3 is 25.4 Å². The Kier molecular flexibility index (Phi) is 8.60. The van der Waals surface area contributed by atoms with Crippen molar-refractivity contribution in [2.75, 3.05) is 35.7 Å². The van der Waals surface area contributed by atoms with Gasteiger partial charge in [0.1, 0.15) is 17.2 Å². The molecular formula is C25H26N4O6. The molecule has 0 aromatic heterocycles. The summed E-state index contributed by atoms with van der Waals surface area (Å²) in [5.74, 6) is -0.0902. The molecule has 0 aliphatic heterocycles. The van der Waals surface area contributed by atoms with Gasteiger partial charge in [-0.2, -0.15) is 0 Å². The van der Waals surface area contributed by atoms with Crippen LogP contribution in [0.2, 0.25) is 0 Å². The van der Waals surface area contributed by atoms with Crippen LogP contribution in [0.4, 0.5) is 22.7 Å². The van der Waals surface area contributed by atoms with Gasteiger partial charge in [-0.05, 0) is 32.0 Å². The molecule has 0 fully saturated rings. The molecule has 0 aliphatic carbocycles. The first-order chi connectivity index (χ1) is 16.9. The number of nitrogens with zero attached hydrogens (tertiary/aromatic N) is 1. The average molecular weight is 479 g/mol. The minimum absolute atomic E-state index is 0.132. The third kappa shape index (κ3) is 6.70. The summed E-state index contributed by atoms with van der Waals surface area (Å²) < 4.78 is 11.4. The third-order valence-corrected chi connectivity index (χ3v) is 4.78. The number of nitro groups is 1. The number of nitro benzene ring substituents is 1. The Balaban J connectivity index is 1.80. The Hall–Kier alpha value is -4.60. The van der Waals surface area contributed by atoms with Gasteiger partial charge in [-0.1, -0.05) is 30.3 Å². The number of amides is 2. The van der Waals surface area contributed by atoms with Crippen molar-refractivity contribution < 1.29 is 24.0 Å². The van der Waals surface area contributed by atoms with Gasteiger partial charge in [0.2, 0.25) is 5.91 Å². The fourth-order valence-electron chi connectivity index (χ4n) is 3.24. The first-order valence-electron chi connectivity index (χ1n) is 11.0. The topological polar surface area (TPSA) is 132 Å². The van der Waals surface area contributed by atoms with Crippen LogP contribution in [0, 0.1) is 10.1 Å². The van der Waals surface area contributed by atoms with Crippen molar-refractivity contribution in [3.63, 3.8) is 0 Å². The van der Waals surface area contributed by atoms with Gasteiger partial charge in [0.15, 0.2) is 0 Å². The molecule has 3 aromatic rings. The highest BCUT2D eigenvalue weighted by atomic mass is 16.6. The standard InChI is InChI=1S/C25H26N4O6/c1-3-34-22-15-20(28-25(31)17-10-6-5-7-11-17)23(35-4-2)14-19(22)27-24(30)16-26-18-12-8-9-13-21(18)29(32)33/h5-15,26H,3-4,16H2,1-2H3,(H,27,30)(H,28,31). The maximum atomic E-state index is 12.7. The largest absolute Gasteiger partial charge is 0.492 e. The highest BCUT2D eigenvalue weighted by molar-refractivity contribution is 6.05. The Labute approximate surface area is 202 Å². The number of benzene rings is 3. The Bertz CT molecular complexity index is 1200. The van der Waals surface area contributed by atoms with Crippen molar-refractivity contribution in [3.05, 3.63) is 82.4 Å². The fourth-order valence-corrected chi connectivity index (χ4v) is 3.24. The molecule has 0 saturated heterocycles. The fraction of sp³-hybridized carbons (Fsp3) is 0.200. The van der Waals surface area contributed by atoms with Gasteiger partial charge in [0.05, 0.1) is 36.1 Å². The number of carbonyl (C=O) groups is 2. The maximum absolute atomic E-state index is 12.7. The van der Waals surface area contributed by atoms with E-state index >= 15 is 0 Å². The average Bonchev–Trinajstić information content (AvgIpc) is 2.86. The zero-order chi connectivity index (χ0) is 25.2. The minimum atomic E-state index is -0.524. The van der Waals surface area contributed by atoms with Gasteiger partial charge in [-0.15, -0.1) is 0 Å². The summed E-state index contributed by atoms with van der Waals surface area (Å²) in [6.45, 7) is 4.02. The molecule has 3 N–H and O–H groups in total. The van der Waals surface area contributed by atoms with Crippen LogP contribution < -0.4 is 25.4 Å². The molecule has 35 heavy (non-hydrogen) atoms. The molecule has 0 atom stereocenters. The molecule has 0 heterocycles. The molecule has 0 spiro atoms. The SMILES string of the molecule is CCOc1cc(NC(=O)c2ccccc2)c(OCC)cc1NC(=O)CNc1ccccc1[N+](=O)[O-]. The van der Waals surface area contributed by atoms with Crippen LogP contribution in [-0.4, -0.2) is 36.5 Å². The van der Waals surface area contributed by atoms with E-state index in [0.29, 0.717) is 41.7 Å². The number of rotatable bonds is 11. The van der Waals surface area contributed by atoms with Crippen LogP contribution in [0.3, 0.4) is 0 Å². The van der Waals surface area contributed by atoms with Crippen LogP contribution in [0.1, 0.15) is 24.2 Å². The van der Waals surface area contributed by atoms with Gasteiger partial charge in [0, 0.05) is 23.8 Å². The van der Waals surface area contributed by atoms with Crippen molar-refractivity contribution in [1.82, 2.24) is 0 Å². The minimum Gasteiger partial charge on any atom is -0.492 e. The van der Waals surface area contributed by atoms with E-state index in [9.17, 15) is 19.7 Å². The Morgan fingerprint density at radius 2 is 1.40 bits per heavy atom. The number of para-hydroxylation sites is 2. The van der Waals surface area contributed by atoms with Gasteiger partial charge in [-0.25, -0.2) is 0 Å². The molecular weight excluding hydrogens is 452 g/mol. The monoisotopic (exact) mass is 478 g/mol. The van der Waals surface area contributed by atoms with Gasteiger partial charge >= 0.3 is 0 Å². The smallest absolute Gasteiger partial charge is 0.292 e. The summed E-state index contributed by atoms with van der Waals surface area (Å²) in [7, 11) is 0. The summed E-state index contributed by atoms with van der Waals surface area (Å²) in [6, 6.07) is 17.9. The number of anilines is 3. The van der Waals surface area contributed by atoms with E-state index in [2.05, 4.69) is 16.0 Å². The number of nitrogens with one attached hydrogen (secondary N) is 3. The molecule has 10 heteroatoms. The van der Waals surface area contributed by atoms with Crippen molar-refractivity contribution in [2.24, 2.45) is 0 Å². The number of hydrogen-bond donors (Lipinski definition) is 3. The predicted octanol–water partition coefficient (Wildman–Crippen LogP) is 4.70. The lowest BCUT2D eigenvalue weighted by molar-refractivity contribution is -0.383. The molecule has 3 aromatic carbocycles. The lowest BCUT2D eigenvalue weighted by Gasteiger charge is -2.18. The second-order valence-electron chi connectivity index (χ2n) is 7.21. The Morgan fingerprint density at radius 3 is 2.00 bits per heavy atom. The molecule has 0 bridgehead atoms. The van der Waals surface area contributed by atoms with Crippen molar-refractivity contribution >= 4 is 34.6 Å². The van der Waals surface area contributed by atoms with Gasteiger partial charge in [0.25, 0.3) is 11.6 Å². The van der Waals surface area contributed by atoms with E-state index in [1.54, 1.807) is 62.4 Å². The number of carbonyl (C=O) groups excluding carboxylic acids is 2. The molecule has 0 unspecified atom stereocenters. The molecule has 182 valence electrons. The molecule has 0 aliphatic rings. The van der Waals surface area contributed by atoms with E-state index in [1.807, 2.05) is 6.07 Å². The molecule has 10 nitrogen and oxygen atoms in total. The zero-order valence-electron chi connectivity index (χ0n) is 19.4. The van der Waals surface area contributed by atoms with Crippen LogP contribution in [0.5, 0.6) is 11.5 Å². The Morgan fingerprint density at radius 1 is 0.829 bits per heavy atom.